The molecule has 3 rings (SSSR count). The first-order chi connectivity index (χ1) is 15.9. The molecule has 0 radical (unpaired) electrons. The lowest BCUT2D eigenvalue weighted by molar-refractivity contribution is -0.137. The Morgan fingerprint density at radius 2 is 1.56 bits per heavy atom. The van der Waals surface area contributed by atoms with E-state index in [1.165, 1.54) is 36.7 Å². The van der Waals surface area contributed by atoms with Gasteiger partial charge in [0, 0.05) is 17.3 Å². The first kappa shape index (κ1) is 24.7. The van der Waals surface area contributed by atoms with Crippen molar-refractivity contribution in [2.45, 2.75) is 33.9 Å². The Labute approximate surface area is 194 Å². The number of hydrogen-bond acceptors (Lipinski definition) is 4. The normalized spacial score (nSPS) is 11.4. The second-order valence-corrected chi connectivity index (χ2v) is 8.01. The Bertz CT molecular complexity index is 1260. The highest BCUT2D eigenvalue weighted by Crippen LogP contribution is 2.31. The molecule has 0 atom stereocenters. The van der Waals surface area contributed by atoms with E-state index in [0.29, 0.717) is 11.4 Å². The van der Waals surface area contributed by atoms with Crippen LogP contribution in [0.2, 0.25) is 0 Å². The molecule has 178 valence electrons. The molecule has 7 nitrogen and oxygen atoms in total. The van der Waals surface area contributed by atoms with Crippen LogP contribution in [-0.4, -0.2) is 27.4 Å². The topological polar surface area (TPSA) is 93.1 Å². The molecule has 0 saturated heterocycles. The fourth-order valence-electron chi connectivity index (χ4n) is 3.30. The molecule has 0 aliphatic carbocycles. The van der Waals surface area contributed by atoms with Crippen molar-refractivity contribution in [3.8, 4) is 5.69 Å². The van der Waals surface area contributed by atoms with Crippen LogP contribution < -0.4 is 10.6 Å². The summed E-state index contributed by atoms with van der Waals surface area (Å²) in [6.07, 6.45) is -4.53. The van der Waals surface area contributed by atoms with Crippen LogP contribution >= 0.6 is 0 Å². The fourth-order valence-corrected chi connectivity index (χ4v) is 3.30. The van der Waals surface area contributed by atoms with Crippen molar-refractivity contribution in [3.05, 3.63) is 71.0 Å². The van der Waals surface area contributed by atoms with E-state index < -0.39 is 23.4 Å². The molecule has 1 heterocycles. The zero-order valence-electron chi connectivity index (χ0n) is 18.9. The number of alkyl halides is 3. The number of aryl methyl sites for hydroxylation is 1. The minimum Gasteiger partial charge on any atom is -0.326 e. The molecule has 0 saturated carbocycles. The number of nitrogens with zero attached hydrogens (tertiary/aromatic N) is 2. The summed E-state index contributed by atoms with van der Waals surface area (Å²) in [6, 6.07) is 10.9. The van der Waals surface area contributed by atoms with Crippen molar-refractivity contribution in [1.82, 2.24) is 9.78 Å². The van der Waals surface area contributed by atoms with E-state index in [2.05, 4.69) is 15.7 Å². The molecule has 3 aromatic rings. The Hall–Kier alpha value is -3.95. The summed E-state index contributed by atoms with van der Waals surface area (Å²) < 4.78 is 40.5. The number of nitrogens with one attached hydrogen (secondary N) is 2. The van der Waals surface area contributed by atoms with Crippen LogP contribution in [-0.2, 0) is 15.8 Å². The van der Waals surface area contributed by atoms with E-state index in [0.717, 1.165) is 12.1 Å². The van der Waals surface area contributed by atoms with Crippen molar-refractivity contribution in [1.29, 1.82) is 0 Å². The summed E-state index contributed by atoms with van der Waals surface area (Å²) in [7, 11) is 0. The molecule has 2 N–H and O–H groups in total. The van der Waals surface area contributed by atoms with Crippen LogP contribution in [0.15, 0.2) is 48.5 Å². The SMILES string of the molecule is Cc1nn(-c2cccc(C(F)(F)F)c2)c(C)c1C(=O)C(=O)Nc1cccc(NC(=O)C(C)C)c1. The standard InChI is InChI=1S/C24H23F3N4O3/c1-13(2)22(33)28-17-8-6-9-18(12-17)29-23(34)21(32)20-14(3)30-31(15(20)4)19-10-5-7-16(11-19)24(25,26)27/h5-13H,1-4H3,(H,28,33)(H,29,34). The number of ketones is 1. The minimum absolute atomic E-state index is 0.000762. The number of carbonyl (C=O) groups excluding carboxylic acids is 3. The molecule has 34 heavy (non-hydrogen) atoms. The predicted molar refractivity (Wildman–Crippen MR) is 121 cm³/mol. The molecule has 1 aromatic heterocycles. The fraction of sp³-hybridized carbons (Fsp3) is 0.250. The van der Waals surface area contributed by atoms with Crippen LogP contribution in [0.1, 0.15) is 41.2 Å². The number of aromatic nitrogens is 2. The highest BCUT2D eigenvalue weighted by Gasteiger charge is 2.31. The molecular formula is C24H23F3N4O3. The zero-order chi connectivity index (χ0) is 25.2. The number of rotatable bonds is 6. The van der Waals surface area contributed by atoms with Gasteiger partial charge in [0.2, 0.25) is 5.91 Å². The van der Waals surface area contributed by atoms with E-state index >= 15 is 0 Å². The van der Waals surface area contributed by atoms with Crippen LogP contribution in [0.3, 0.4) is 0 Å². The highest BCUT2D eigenvalue weighted by molar-refractivity contribution is 6.47. The van der Waals surface area contributed by atoms with Crippen molar-refractivity contribution in [2.75, 3.05) is 10.6 Å². The van der Waals surface area contributed by atoms with Gasteiger partial charge in [0.05, 0.1) is 28.2 Å². The van der Waals surface area contributed by atoms with E-state index in [-0.39, 0.29) is 34.5 Å². The van der Waals surface area contributed by atoms with E-state index in [4.69, 9.17) is 0 Å². The zero-order valence-corrected chi connectivity index (χ0v) is 18.9. The summed E-state index contributed by atoms with van der Waals surface area (Å²) in [6.45, 7) is 6.48. The van der Waals surface area contributed by atoms with Crippen LogP contribution in [0, 0.1) is 19.8 Å². The van der Waals surface area contributed by atoms with Crippen molar-refractivity contribution < 1.29 is 27.6 Å². The Balaban J connectivity index is 1.84. The van der Waals surface area contributed by atoms with Crippen molar-refractivity contribution >= 4 is 29.0 Å². The second kappa shape index (κ2) is 9.50. The molecule has 0 bridgehead atoms. The average molecular weight is 472 g/mol. The third kappa shape index (κ3) is 5.33. The molecule has 2 amide bonds. The van der Waals surface area contributed by atoms with Gasteiger partial charge in [-0.2, -0.15) is 18.3 Å². The molecule has 0 unspecified atom stereocenters. The molecule has 0 aliphatic heterocycles. The van der Waals surface area contributed by atoms with Gasteiger partial charge in [-0.05, 0) is 50.2 Å². The van der Waals surface area contributed by atoms with Crippen LogP contribution in [0.5, 0.6) is 0 Å². The Morgan fingerprint density at radius 1 is 0.941 bits per heavy atom. The first-order valence-electron chi connectivity index (χ1n) is 10.4. The van der Waals surface area contributed by atoms with Crippen LogP contribution in [0.25, 0.3) is 5.69 Å². The second-order valence-electron chi connectivity index (χ2n) is 8.01. The summed E-state index contributed by atoms with van der Waals surface area (Å²) in [4.78, 5) is 37.4. The minimum atomic E-state index is -4.53. The monoisotopic (exact) mass is 472 g/mol. The summed E-state index contributed by atoms with van der Waals surface area (Å²) in [5, 5.41) is 9.37. The molecule has 0 aliphatic rings. The molecule has 0 fully saturated rings. The number of amides is 2. The van der Waals surface area contributed by atoms with Crippen molar-refractivity contribution in [3.63, 3.8) is 0 Å². The van der Waals surface area contributed by atoms with E-state index in [1.54, 1.807) is 32.0 Å². The van der Waals surface area contributed by atoms with Gasteiger partial charge in [0.15, 0.2) is 0 Å². The lowest BCUT2D eigenvalue weighted by Gasteiger charge is -2.11. The Morgan fingerprint density at radius 3 is 2.18 bits per heavy atom. The lowest BCUT2D eigenvalue weighted by atomic mass is 10.1. The van der Waals surface area contributed by atoms with Crippen molar-refractivity contribution in [2.24, 2.45) is 5.92 Å². The number of carbonyl (C=O) groups is 3. The first-order valence-corrected chi connectivity index (χ1v) is 10.4. The summed E-state index contributed by atoms with van der Waals surface area (Å²) >= 11 is 0. The van der Waals surface area contributed by atoms with Gasteiger partial charge < -0.3 is 10.6 Å². The van der Waals surface area contributed by atoms with Gasteiger partial charge in [-0.3, -0.25) is 14.4 Å². The number of benzene rings is 2. The van der Waals surface area contributed by atoms with Gasteiger partial charge in [-0.15, -0.1) is 0 Å². The third-order valence-electron chi connectivity index (χ3n) is 5.06. The lowest BCUT2D eigenvalue weighted by Crippen LogP contribution is -2.24. The molecule has 10 heteroatoms. The van der Waals surface area contributed by atoms with Gasteiger partial charge in [0.1, 0.15) is 0 Å². The maximum absolute atomic E-state index is 13.1. The number of halogens is 3. The van der Waals surface area contributed by atoms with Gasteiger partial charge in [-0.25, -0.2) is 4.68 Å². The highest BCUT2D eigenvalue weighted by atomic mass is 19.4. The van der Waals surface area contributed by atoms with E-state index in [9.17, 15) is 27.6 Å². The van der Waals surface area contributed by atoms with E-state index in [1.807, 2.05) is 0 Å². The number of hydrogen-bond donors (Lipinski definition) is 2. The molecule has 2 aromatic carbocycles. The molecule has 0 spiro atoms. The quantitative estimate of drug-likeness (QED) is 0.393. The van der Waals surface area contributed by atoms with Crippen LogP contribution in [0.4, 0.5) is 24.5 Å². The maximum Gasteiger partial charge on any atom is 0.416 e. The van der Waals surface area contributed by atoms with Gasteiger partial charge in [0.25, 0.3) is 11.7 Å². The van der Waals surface area contributed by atoms with Gasteiger partial charge in [-0.1, -0.05) is 26.0 Å². The largest absolute Gasteiger partial charge is 0.416 e. The summed E-state index contributed by atoms with van der Waals surface area (Å²) in [5.41, 5.74) is 0.437. The number of Topliss-reactive ketones (excluding diaryl/α,β-unsaturated/α-hetero) is 1. The maximum atomic E-state index is 13.1. The third-order valence-corrected chi connectivity index (χ3v) is 5.06. The predicted octanol–water partition coefficient (Wildman–Crippen LogP) is 4.92. The Kier molecular flexibility index (Phi) is 6.90. The van der Waals surface area contributed by atoms with Gasteiger partial charge >= 0.3 is 6.18 Å². The molecular weight excluding hydrogens is 449 g/mol. The number of anilines is 2. The smallest absolute Gasteiger partial charge is 0.326 e. The summed E-state index contributed by atoms with van der Waals surface area (Å²) in [5.74, 6) is -2.26. The average Bonchev–Trinajstić information content (AvgIpc) is 3.06.